The van der Waals surface area contributed by atoms with E-state index in [0.717, 1.165) is 13.1 Å². The molecule has 0 unspecified atom stereocenters. The molecule has 1 amide bonds. The van der Waals surface area contributed by atoms with E-state index in [1.807, 2.05) is 11.0 Å². The molecule has 0 radical (unpaired) electrons. The van der Waals surface area contributed by atoms with Crippen LogP contribution in [0.15, 0.2) is 47.4 Å². The maximum atomic E-state index is 14.2. The molecule has 4 rings (SSSR count). The Labute approximate surface area is 197 Å². The minimum absolute atomic E-state index is 0.0652. The summed E-state index contributed by atoms with van der Waals surface area (Å²) >= 11 is 0. The van der Waals surface area contributed by atoms with E-state index in [1.54, 1.807) is 12.1 Å². The number of benzene rings is 1. The van der Waals surface area contributed by atoms with Crippen molar-refractivity contribution in [2.75, 3.05) is 19.6 Å². The van der Waals surface area contributed by atoms with Gasteiger partial charge >= 0.3 is 0 Å². The third-order valence-electron chi connectivity index (χ3n) is 6.28. The number of amides is 1. The van der Waals surface area contributed by atoms with Gasteiger partial charge in [0, 0.05) is 49.5 Å². The summed E-state index contributed by atoms with van der Waals surface area (Å²) in [5.41, 5.74) is 1.35. The topological polar surface area (TPSA) is 98.0 Å². The number of H-pyrrole nitrogens is 1. The molecule has 1 N–H and O–H groups in total. The molecule has 1 atom stereocenters. The SMILES string of the molecule is CC(C)N1CCN(C(=O)c2ccc(-c3cc(=O)n(Cc4c(F)cccc4C#N)[nH]3)nc2)[C@@H](C)C1. The van der Waals surface area contributed by atoms with E-state index in [4.69, 9.17) is 0 Å². The molecule has 8 nitrogen and oxygen atoms in total. The van der Waals surface area contributed by atoms with Crippen LogP contribution in [0.1, 0.15) is 42.3 Å². The van der Waals surface area contributed by atoms with Crippen molar-refractivity contribution >= 4 is 5.91 Å². The lowest BCUT2D eigenvalue weighted by Crippen LogP contribution is -2.55. The van der Waals surface area contributed by atoms with E-state index in [2.05, 4.69) is 35.8 Å². The molecule has 176 valence electrons. The lowest BCUT2D eigenvalue weighted by Gasteiger charge is -2.41. The van der Waals surface area contributed by atoms with Gasteiger partial charge in [-0.2, -0.15) is 5.26 Å². The second-order valence-corrected chi connectivity index (χ2v) is 8.84. The van der Waals surface area contributed by atoms with Crippen LogP contribution in [0.25, 0.3) is 11.4 Å². The lowest BCUT2D eigenvalue weighted by molar-refractivity contribution is 0.0425. The smallest absolute Gasteiger partial charge is 0.267 e. The van der Waals surface area contributed by atoms with Gasteiger partial charge in [-0.25, -0.2) is 9.07 Å². The fourth-order valence-corrected chi connectivity index (χ4v) is 4.27. The number of aromatic amines is 1. The molecular weight excluding hydrogens is 435 g/mol. The van der Waals surface area contributed by atoms with E-state index < -0.39 is 5.82 Å². The highest BCUT2D eigenvalue weighted by molar-refractivity contribution is 5.94. The summed E-state index contributed by atoms with van der Waals surface area (Å²) in [6.45, 7) is 8.59. The van der Waals surface area contributed by atoms with Gasteiger partial charge in [0.05, 0.1) is 35.1 Å². The average molecular weight is 463 g/mol. The molecule has 1 aromatic carbocycles. The number of carbonyl (C=O) groups excluding carboxylic acids is 1. The van der Waals surface area contributed by atoms with Crippen LogP contribution < -0.4 is 5.56 Å². The lowest BCUT2D eigenvalue weighted by atomic mass is 10.1. The van der Waals surface area contributed by atoms with Crippen molar-refractivity contribution in [2.45, 2.75) is 39.4 Å². The maximum absolute atomic E-state index is 14.2. The zero-order valence-electron chi connectivity index (χ0n) is 19.5. The first-order valence-corrected chi connectivity index (χ1v) is 11.3. The number of hydrogen-bond acceptors (Lipinski definition) is 5. The fraction of sp³-hybridized carbons (Fsp3) is 0.360. The highest BCUT2D eigenvalue weighted by atomic mass is 19.1. The van der Waals surface area contributed by atoms with Crippen LogP contribution in [-0.2, 0) is 6.54 Å². The van der Waals surface area contributed by atoms with Crippen LogP contribution >= 0.6 is 0 Å². The van der Waals surface area contributed by atoms with Gasteiger partial charge in [-0.15, -0.1) is 0 Å². The first-order valence-electron chi connectivity index (χ1n) is 11.3. The second kappa shape index (κ2) is 9.61. The Morgan fingerprint density at radius 2 is 2.09 bits per heavy atom. The normalized spacial score (nSPS) is 16.6. The van der Waals surface area contributed by atoms with Gasteiger partial charge in [-0.3, -0.25) is 24.6 Å². The number of halogens is 1. The van der Waals surface area contributed by atoms with Crippen molar-refractivity contribution in [2.24, 2.45) is 0 Å². The molecule has 1 aliphatic heterocycles. The fourth-order valence-electron chi connectivity index (χ4n) is 4.27. The van der Waals surface area contributed by atoms with E-state index in [9.17, 15) is 19.2 Å². The van der Waals surface area contributed by atoms with Gasteiger partial charge in [-0.05, 0) is 45.0 Å². The van der Waals surface area contributed by atoms with Gasteiger partial charge < -0.3 is 4.90 Å². The largest absolute Gasteiger partial charge is 0.333 e. The molecule has 3 heterocycles. The summed E-state index contributed by atoms with van der Waals surface area (Å²) in [5, 5.41) is 12.2. The summed E-state index contributed by atoms with van der Waals surface area (Å²) in [7, 11) is 0. The summed E-state index contributed by atoms with van der Waals surface area (Å²) < 4.78 is 15.4. The van der Waals surface area contributed by atoms with Gasteiger partial charge in [0.15, 0.2) is 0 Å². The number of pyridine rings is 1. The number of nitrogens with one attached hydrogen (secondary N) is 1. The minimum Gasteiger partial charge on any atom is -0.333 e. The predicted octanol–water partition coefficient (Wildman–Crippen LogP) is 2.85. The quantitative estimate of drug-likeness (QED) is 0.629. The van der Waals surface area contributed by atoms with Crippen LogP contribution in [0.2, 0.25) is 0 Å². The van der Waals surface area contributed by atoms with Crippen LogP contribution in [0, 0.1) is 17.1 Å². The Morgan fingerprint density at radius 3 is 2.74 bits per heavy atom. The number of rotatable bonds is 5. The van der Waals surface area contributed by atoms with Gasteiger partial charge in [0.1, 0.15) is 5.82 Å². The van der Waals surface area contributed by atoms with Gasteiger partial charge in [-0.1, -0.05) is 6.07 Å². The zero-order valence-corrected chi connectivity index (χ0v) is 19.5. The third kappa shape index (κ3) is 4.63. The van der Waals surface area contributed by atoms with Crippen molar-refractivity contribution in [3.05, 3.63) is 75.5 Å². The monoisotopic (exact) mass is 462 g/mol. The van der Waals surface area contributed by atoms with E-state index in [1.165, 1.54) is 35.1 Å². The number of aromatic nitrogens is 3. The zero-order chi connectivity index (χ0) is 24.4. The molecule has 2 aromatic heterocycles. The van der Waals surface area contributed by atoms with E-state index in [0.29, 0.717) is 29.5 Å². The number of nitrogens with zero attached hydrogens (tertiary/aromatic N) is 5. The summed E-state index contributed by atoms with van der Waals surface area (Å²) in [6, 6.07) is 11.5. The average Bonchev–Trinajstić information content (AvgIpc) is 3.20. The summed E-state index contributed by atoms with van der Waals surface area (Å²) in [5.74, 6) is -0.615. The number of carbonyl (C=O) groups is 1. The number of piperazine rings is 1. The van der Waals surface area contributed by atoms with Crippen LogP contribution in [0.4, 0.5) is 4.39 Å². The highest BCUT2D eigenvalue weighted by Gasteiger charge is 2.29. The molecule has 1 fully saturated rings. The van der Waals surface area contributed by atoms with Crippen molar-refractivity contribution in [3.8, 4) is 17.5 Å². The minimum atomic E-state index is -0.549. The molecule has 1 aliphatic rings. The van der Waals surface area contributed by atoms with Crippen molar-refractivity contribution in [3.63, 3.8) is 0 Å². The van der Waals surface area contributed by atoms with Crippen LogP contribution in [0.3, 0.4) is 0 Å². The molecule has 1 saturated heterocycles. The Bertz CT molecular complexity index is 1290. The highest BCUT2D eigenvalue weighted by Crippen LogP contribution is 2.19. The Kier molecular flexibility index (Phi) is 6.61. The molecule has 34 heavy (non-hydrogen) atoms. The molecule has 3 aromatic rings. The van der Waals surface area contributed by atoms with Crippen LogP contribution in [0.5, 0.6) is 0 Å². The number of nitriles is 1. The molecule has 0 bridgehead atoms. The van der Waals surface area contributed by atoms with Crippen LogP contribution in [-0.4, -0.2) is 62.2 Å². The predicted molar refractivity (Wildman–Crippen MR) is 126 cm³/mol. The van der Waals surface area contributed by atoms with E-state index >= 15 is 0 Å². The Morgan fingerprint density at radius 1 is 1.29 bits per heavy atom. The molecule has 0 spiro atoms. The summed E-state index contributed by atoms with van der Waals surface area (Å²) in [4.78, 5) is 34.1. The second-order valence-electron chi connectivity index (χ2n) is 8.84. The van der Waals surface area contributed by atoms with Crippen molar-refractivity contribution < 1.29 is 9.18 Å². The van der Waals surface area contributed by atoms with Crippen molar-refractivity contribution in [1.29, 1.82) is 5.26 Å². The van der Waals surface area contributed by atoms with Gasteiger partial charge in [0.2, 0.25) is 0 Å². The third-order valence-corrected chi connectivity index (χ3v) is 6.28. The molecular formula is C25H27FN6O2. The Balaban J connectivity index is 1.51. The van der Waals surface area contributed by atoms with E-state index in [-0.39, 0.29) is 35.2 Å². The van der Waals surface area contributed by atoms with Crippen molar-refractivity contribution in [1.82, 2.24) is 24.6 Å². The van der Waals surface area contributed by atoms with Gasteiger partial charge in [0.25, 0.3) is 11.5 Å². The number of hydrogen-bond donors (Lipinski definition) is 1. The summed E-state index contributed by atoms with van der Waals surface area (Å²) in [6.07, 6.45) is 1.51. The molecule has 9 heteroatoms. The first-order chi connectivity index (χ1) is 16.3. The standard InChI is InChI=1S/C25H27FN6O2/c1-16(2)30-9-10-31(17(3)14-30)25(34)19-7-8-22(28-13-19)23-11-24(33)32(29-23)15-20-18(12-27)5-4-6-21(20)26/h4-8,11,13,16-17,29H,9-10,14-15H2,1-3H3/t17-/m0/s1. The molecule has 0 saturated carbocycles. The Hall–Kier alpha value is -3.77. The maximum Gasteiger partial charge on any atom is 0.267 e. The first kappa shape index (κ1) is 23.4. The molecule has 0 aliphatic carbocycles.